The fraction of sp³-hybridized carbons (Fsp3) is 0.364. The molecule has 0 aromatic heterocycles. The van der Waals surface area contributed by atoms with Crippen molar-refractivity contribution in [3.05, 3.63) is 17.9 Å². The Bertz CT molecular complexity index is 630. The summed E-state index contributed by atoms with van der Waals surface area (Å²) in [6, 6.07) is 2.13. The highest BCUT2D eigenvalue weighted by Gasteiger charge is 2.30. The third kappa shape index (κ3) is 2.54. The van der Waals surface area contributed by atoms with Gasteiger partial charge in [0.1, 0.15) is 16.3 Å². The van der Waals surface area contributed by atoms with Gasteiger partial charge in [0, 0.05) is 25.1 Å². The molecule has 1 aromatic rings. The van der Waals surface area contributed by atoms with Crippen molar-refractivity contribution in [2.75, 3.05) is 18.6 Å². The second kappa shape index (κ2) is 4.78. The van der Waals surface area contributed by atoms with Crippen LogP contribution in [-0.4, -0.2) is 28.0 Å². The molecule has 6 nitrogen and oxygen atoms in total. The number of hydrogen-bond donors (Lipinski definition) is 1. The number of amides is 1. The summed E-state index contributed by atoms with van der Waals surface area (Å²) in [6.45, 7) is 0.268. The predicted molar refractivity (Wildman–Crippen MR) is 65.9 cm³/mol. The molecule has 1 aromatic carbocycles. The second-order valence-corrected chi connectivity index (χ2v) is 5.68. The van der Waals surface area contributed by atoms with E-state index in [0.717, 1.165) is 17.0 Å². The van der Waals surface area contributed by atoms with Crippen molar-refractivity contribution in [3.63, 3.8) is 0 Å². The first-order valence-corrected chi connectivity index (χ1v) is 7.10. The van der Waals surface area contributed by atoms with Crippen LogP contribution in [0, 0.1) is 5.82 Å². The quantitative estimate of drug-likeness (QED) is 0.882. The number of halogens is 1. The Balaban J connectivity index is 2.68. The fourth-order valence-electron chi connectivity index (χ4n) is 2.03. The molecule has 1 heterocycles. The van der Waals surface area contributed by atoms with Gasteiger partial charge in [-0.3, -0.25) is 4.79 Å². The molecule has 2 N–H and O–H groups in total. The molecule has 0 aliphatic carbocycles. The maximum absolute atomic E-state index is 14.1. The molecule has 1 aliphatic heterocycles. The summed E-state index contributed by atoms with van der Waals surface area (Å²) < 4.78 is 42.0. The highest BCUT2D eigenvalue weighted by atomic mass is 32.2. The summed E-state index contributed by atoms with van der Waals surface area (Å²) >= 11 is 0. The molecule has 0 atom stereocenters. The second-order valence-electron chi connectivity index (χ2n) is 4.15. The van der Waals surface area contributed by atoms with Crippen LogP contribution in [0.5, 0.6) is 5.75 Å². The Hall–Kier alpha value is -1.67. The van der Waals surface area contributed by atoms with E-state index in [9.17, 15) is 17.6 Å². The van der Waals surface area contributed by atoms with Crippen LogP contribution < -0.4 is 14.8 Å². The van der Waals surface area contributed by atoms with Crippen LogP contribution in [0.1, 0.15) is 12.8 Å². The topological polar surface area (TPSA) is 89.7 Å². The highest BCUT2D eigenvalue weighted by molar-refractivity contribution is 7.89. The third-order valence-electron chi connectivity index (χ3n) is 2.89. The zero-order valence-electron chi connectivity index (χ0n) is 10.2. The van der Waals surface area contributed by atoms with Crippen LogP contribution in [0.2, 0.25) is 0 Å². The van der Waals surface area contributed by atoms with E-state index in [1.54, 1.807) is 0 Å². The average Bonchev–Trinajstić information content (AvgIpc) is 2.73. The van der Waals surface area contributed by atoms with Crippen molar-refractivity contribution in [3.8, 4) is 5.75 Å². The van der Waals surface area contributed by atoms with E-state index in [1.165, 1.54) is 7.11 Å². The zero-order chi connectivity index (χ0) is 14.2. The lowest BCUT2D eigenvalue weighted by Gasteiger charge is -2.20. The lowest BCUT2D eigenvalue weighted by atomic mass is 10.2. The van der Waals surface area contributed by atoms with E-state index in [4.69, 9.17) is 9.88 Å². The van der Waals surface area contributed by atoms with Gasteiger partial charge in [-0.1, -0.05) is 0 Å². The summed E-state index contributed by atoms with van der Waals surface area (Å²) in [4.78, 5) is 12.3. The van der Waals surface area contributed by atoms with E-state index in [1.807, 2.05) is 0 Å². The Morgan fingerprint density at radius 2 is 2.11 bits per heavy atom. The standard InChI is InChI=1S/C11H13FN2O4S/c1-18-7-5-8(12)11(9(6-7)19(13,16)17)14-4-2-3-10(14)15/h5-6H,2-4H2,1H3,(H2,13,16,17). The van der Waals surface area contributed by atoms with E-state index >= 15 is 0 Å². The van der Waals surface area contributed by atoms with E-state index in [2.05, 4.69) is 0 Å². The number of nitrogens with zero attached hydrogens (tertiary/aromatic N) is 1. The number of primary sulfonamides is 1. The number of hydrogen-bond acceptors (Lipinski definition) is 4. The van der Waals surface area contributed by atoms with Crippen molar-refractivity contribution < 1.29 is 22.3 Å². The largest absolute Gasteiger partial charge is 0.497 e. The normalized spacial score (nSPS) is 15.9. The van der Waals surface area contributed by atoms with Gasteiger partial charge >= 0.3 is 0 Å². The zero-order valence-corrected chi connectivity index (χ0v) is 11.0. The fourth-order valence-corrected chi connectivity index (χ4v) is 2.79. The molecule has 19 heavy (non-hydrogen) atoms. The minimum Gasteiger partial charge on any atom is -0.497 e. The van der Waals surface area contributed by atoms with Gasteiger partial charge in [-0.25, -0.2) is 17.9 Å². The first-order valence-electron chi connectivity index (χ1n) is 5.55. The first kappa shape index (κ1) is 13.8. The molecule has 0 radical (unpaired) electrons. The number of carbonyl (C=O) groups excluding carboxylic acids is 1. The van der Waals surface area contributed by atoms with Crippen LogP contribution in [0.15, 0.2) is 17.0 Å². The number of carbonyl (C=O) groups is 1. The first-order chi connectivity index (χ1) is 8.84. The number of rotatable bonds is 3. The van der Waals surface area contributed by atoms with Gasteiger partial charge in [-0.2, -0.15) is 0 Å². The summed E-state index contributed by atoms with van der Waals surface area (Å²) in [5.74, 6) is -1.15. The molecule has 1 aliphatic rings. The van der Waals surface area contributed by atoms with Crippen molar-refractivity contribution in [2.24, 2.45) is 5.14 Å². The number of anilines is 1. The molecule has 0 spiro atoms. The summed E-state index contributed by atoms with van der Waals surface area (Å²) in [5.41, 5.74) is -0.300. The minimum absolute atomic E-state index is 0.0249. The van der Waals surface area contributed by atoms with Gasteiger partial charge in [0.25, 0.3) is 0 Å². The van der Waals surface area contributed by atoms with E-state index in [0.29, 0.717) is 6.42 Å². The molecule has 1 saturated heterocycles. The maximum Gasteiger partial charge on any atom is 0.240 e. The summed E-state index contributed by atoms with van der Waals surface area (Å²) in [7, 11) is -2.88. The molecular formula is C11H13FN2O4S. The van der Waals surface area contributed by atoms with Crippen molar-refractivity contribution in [2.45, 2.75) is 17.7 Å². The van der Waals surface area contributed by atoms with Gasteiger partial charge in [0.2, 0.25) is 15.9 Å². The van der Waals surface area contributed by atoms with Crippen LogP contribution >= 0.6 is 0 Å². The number of ether oxygens (including phenoxy) is 1. The summed E-state index contributed by atoms with van der Waals surface area (Å²) in [6.07, 6.45) is 0.809. The lowest BCUT2D eigenvalue weighted by molar-refractivity contribution is -0.117. The molecule has 104 valence electrons. The molecule has 8 heteroatoms. The molecule has 0 unspecified atom stereocenters. The average molecular weight is 288 g/mol. The lowest BCUT2D eigenvalue weighted by Crippen LogP contribution is -2.28. The summed E-state index contributed by atoms with van der Waals surface area (Å²) in [5, 5.41) is 5.08. The number of methoxy groups -OCH3 is 1. The van der Waals surface area contributed by atoms with Gasteiger partial charge in [-0.05, 0) is 6.42 Å². The van der Waals surface area contributed by atoms with E-state index < -0.39 is 20.7 Å². The Morgan fingerprint density at radius 1 is 1.42 bits per heavy atom. The third-order valence-corrected chi connectivity index (χ3v) is 3.81. The van der Waals surface area contributed by atoms with E-state index in [-0.39, 0.29) is 30.3 Å². The Kier molecular flexibility index (Phi) is 3.46. The predicted octanol–water partition coefficient (Wildman–Crippen LogP) is 0.608. The van der Waals surface area contributed by atoms with Gasteiger partial charge in [-0.15, -0.1) is 0 Å². The SMILES string of the molecule is COc1cc(F)c(N2CCCC2=O)c(S(N)(=O)=O)c1. The van der Waals surface area contributed by atoms with Crippen LogP contribution in [0.25, 0.3) is 0 Å². The monoisotopic (exact) mass is 288 g/mol. The van der Waals surface area contributed by atoms with Crippen molar-refractivity contribution in [1.29, 1.82) is 0 Å². The maximum atomic E-state index is 14.1. The number of nitrogens with two attached hydrogens (primary N) is 1. The molecule has 1 fully saturated rings. The van der Waals surface area contributed by atoms with Crippen molar-refractivity contribution in [1.82, 2.24) is 0 Å². The molecule has 1 amide bonds. The van der Waals surface area contributed by atoms with Crippen LogP contribution in [0.4, 0.5) is 10.1 Å². The van der Waals surface area contributed by atoms with Crippen LogP contribution in [0.3, 0.4) is 0 Å². The van der Waals surface area contributed by atoms with Gasteiger partial charge in [0.05, 0.1) is 7.11 Å². The molecule has 2 rings (SSSR count). The Labute approximate surface area is 110 Å². The molecular weight excluding hydrogens is 275 g/mol. The Morgan fingerprint density at radius 3 is 2.58 bits per heavy atom. The van der Waals surface area contributed by atoms with Crippen molar-refractivity contribution >= 4 is 21.6 Å². The molecule has 0 saturated carbocycles. The highest BCUT2D eigenvalue weighted by Crippen LogP contribution is 2.34. The van der Waals surface area contributed by atoms with Gasteiger partial charge in [0.15, 0.2) is 5.82 Å². The molecule has 0 bridgehead atoms. The number of sulfonamides is 1. The van der Waals surface area contributed by atoms with Gasteiger partial charge < -0.3 is 9.64 Å². The minimum atomic E-state index is -4.16. The number of benzene rings is 1. The smallest absolute Gasteiger partial charge is 0.240 e. The van der Waals surface area contributed by atoms with Crippen LogP contribution in [-0.2, 0) is 14.8 Å².